The lowest BCUT2D eigenvalue weighted by molar-refractivity contribution is 0.100. The normalized spacial score (nSPS) is 10.4. The minimum Gasteiger partial charge on any atom is -0.370 e. The lowest BCUT2D eigenvalue weighted by atomic mass is 10.3. The number of nitrogens with zero attached hydrogens (tertiary/aromatic N) is 4. The van der Waals surface area contributed by atoms with Crippen molar-refractivity contribution in [3.8, 4) is 5.82 Å². The number of amides is 1. The zero-order valence-corrected chi connectivity index (χ0v) is 10.5. The van der Waals surface area contributed by atoms with Gasteiger partial charge in [-0.1, -0.05) is 6.92 Å². The molecule has 5 N–H and O–H groups in total. The molecular weight excluding hydrogens is 246 g/mol. The molecule has 0 aliphatic rings. The summed E-state index contributed by atoms with van der Waals surface area (Å²) < 4.78 is 1.43. The summed E-state index contributed by atoms with van der Waals surface area (Å²) in [4.78, 5) is 19.1. The Morgan fingerprint density at radius 3 is 2.89 bits per heavy atom. The molecule has 2 heterocycles. The summed E-state index contributed by atoms with van der Waals surface area (Å²) in [5.74, 6) is 0.670. The number of hydrogen-bond donors (Lipinski definition) is 3. The molecule has 0 aromatic carbocycles. The Labute approximate surface area is 109 Å². The van der Waals surface area contributed by atoms with Crippen LogP contribution in [0.1, 0.15) is 23.7 Å². The highest BCUT2D eigenvalue weighted by molar-refractivity contribution is 5.92. The van der Waals surface area contributed by atoms with Gasteiger partial charge in [-0.25, -0.2) is 4.68 Å². The van der Waals surface area contributed by atoms with Crippen molar-refractivity contribution in [3.63, 3.8) is 0 Å². The molecule has 8 nitrogen and oxygen atoms in total. The zero-order chi connectivity index (χ0) is 13.8. The first-order chi connectivity index (χ1) is 9.10. The lowest BCUT2D eigenvalue weighted by Gasteiger charge is -2.07. The maximum Gasteiger partial charge on any atom is 0.251 e. The molecule has 19 heavy (non-hydrogen) atoms. The minimum absolute atomic E-state index is 0.132. The molecule has 0 unspecified atom stereocenters. The molecule has 2 aromatic heterocycles. The Balaban J connectivity index is 2.32. The van der Waals surface area contributed by atoms with E-state index in [9.17, 15) is 4.79 Å². The zero-order valence-electron chi connectivity index (χ0n) is 10.5. The predicted molar refractivity (Wildman–Crippen MR) is 70.9 cm³/mol. The van der Waals surface area contributed by atoms with E-state index >= 15 is 0 Å². The molecule has 0 aliphatic carbocycles. The molecule has 2 aromatic rings. The van der Waals surface area contributed by atoms with Gasteiger partial charge in [0.15, 0.2) is 5.82 Å². The van der Waals surface area contributed by atoms with Crippen LogP contribution in [0.2, 0.25) is 0 Å². The van der Waals surface area contributed by atoms with E-state index in [4.69, 9.17) is 11.5 Å². The molecule has 0 saturated carbocycles. The quantitative estimate of drug-likeness (QED) is 0.704. The van der Waals surface area contributed by atoms with Crippen LogP contribution in [0.3, 0.4) is 0 Å². The van der Waals surface area contributed by atoms with Crippen LogP contribution in [0.5, 0.6) is 0 Å². The Morgan fingerprint density at radius 1 is 1.47 bits per heavy atom. The SMILES string of the molecule is CCCNc1cc(-n2cc(C(N)=O)cn2)nc(N)n1. The topological polar surface area (TPSA) is 125 Å². The average molecular weight is 261 g/mol. The molecule has 0 aliphatic heterocycles. The van der Waals surface area contributed by atoms with Crippen molar-refractivity contribution in [1.82, 2.24) is 19.7 Å². The van der Waals surface area contributed by atoms with Crippen molar-refractivity contribution in [3.05, 3.63) is 24.0 Å². The van der Waals surface area contributed by atoms with Crippen molar-refractivity contribution in [2.24, 2.45) is 5.73 Å². The Hall–Kier alpha value is -2.64. The number of anilines is 2. The largest absolute Gasteiger partial charge is 0.370 e. The Kier molecular flexibility index (Phi) is 3.60. The van der Waals surface area contributed by atoms with Gasteiger partial charge in [0.2, 0.25) is 5.95 Å². The molecule has 0 fully saturated rings. The van der Waals surface area contributed by atoms with Crippen LogP contribution in [-0.4, -0.2) is 32.2 Å². The van der Waals surface area contributed by atoms with Gasteiger partial charge in [-0.2, -0.15) is 15.1 Å². The molecule has 0 atom stereocenters. The van der Waals surface area contributed by atoms with Gasteiger partial charge in [0.25, 0.3) is 5.91 Å². The van der Waals surface area contributed by atoms with Gasteiger partial charge in [-0.15, -0.1) is 0 Å². The van der Waals surface area contributed by atoms with Gasteiger partial charge >= 0.3 is 0 Å². The van der Waals surface area contributed by atoms with E-state index in [1.54, 1.807) is 6.07 Å². The average Bonchev–Trinajstić information content (AvgIpc) is 2.85. The standard InChI is InChI=1S/C11H15N7O/c1-2-3-14-8-4-9(17-11(13)16-8)18-6-7(5-15-18)10(12)19/h4-6H,2-3H2,1H3,(H2,12,19)(H3,13,14,16,17). The summed E-state index contributed by atoms with van der Waals surface area (Å²) >= 11 is 0. The summed E-state index contributed by atoms with van der Waals surface area (Å²) in [7, 11) is 0. The van der Waals surface area contributed by atoms with Crippen LogP contribution in [0.4, 0.5) is 11.8 Å². The van der Waals surface area contributed by atoms with Crippen molar-refractivity contribution in [2.45, 2.75) is 13.3 Å². The summed E-state index contributed by atoms with van der Waals surface area (Å²) in [6.45, 7) is 2.83. The second-order valence-electron chi connectivity index (χ2n) is 3.93. The molecule has 0 radical (unpaired) electrons. The van der Waals surface area contributed by atoms with Crippen LogP contribution in [0, 0.1) is 0 Å². The first kappa shape index (κ1) is 12.8. The highest BCUT2D eigenvalue weighted by Gasteiger charge is 2.08. The van der Waals surface area contributed by atoms with Crippen molar-refractivity contribution in [2.75, 3.05) is 17.6 Å². The maximum absolute atomic E-state index is 11.0. The highest BCUT2D eigenvalue weighted by atomic mass is 16.1. The highest BCUT2D eigenvalue weighted by Crippen LogP contribution is 2.12. The van der Waals surface area contributed by atoms with Crippen LogP contribution >= 0.6 is 0 Å². The monoisotopic (exact) mass is 261 g/mol. The lowest BCUT2D eigenvalue weighted by Crippen LogP contribution is -2.10. The predicted octanol–water partition coefficient (Wildman–Crippen LogP) is 0.165. The van der Waals surface area contributed by atoms with Crippen LogP contribution in [-0.2, 0) is 0 Å². The summed E-state index contributed by atoms with van der Waals surface area (Å²) in [5.41, 5.74) is 11.1. The minimum atomic E-state index is -0.544. The molecule has 0 bridgehead atoms. The van der Waals surface area contributed by atoms with Crippen molar-refractivity contribution < 1.29 is 4.79 Å². The molecule has 2 rings (SSSR count). The second-order valence-corrected chi connectivity index (χ2v) is 3.93. The summed E-state index contributed by atoms with van der Waals surface area (Å²) in [6, 6.07) is 1.70. The van der Waals surface area contributed by atoms with Gasteiger partial charge in [0.1, 0.15) is 5.82 Å². The van der Waals surface area contributed by atoms with E-state index in [1.165, 1.54) is 17.1 Å². The maximum atomic E-state index is 11.0. The third kappa shape index (κ3) is 2.97. The number of carbonyl (C=O) groups is 1. The van der Waals surface area contributed by atoms with Gasteiger partial charge < -0.3 is 16.8 Å². The van der Waals surface area contributed by atoms with E-state index in [0.717, 1.165) is 13.0 Å². The molecule has 0 spiro atoms. The number of aromatic nitrogens is 4. The van der Waals surface area contributed by atoms with Gasteiger partial charge in [0, 0.05) is 18.8 Å². The number of rotatable bonds is 5. The van der Waals surface area contributed by atoms with E-state index in [2.05, 4.69) is 20.4 Å². The fourth-order valence-corrected chi connectivity index (χ4v) is 1.49. The molecule has 1 amide bonds. The third-order valence-electron chi connectivity index (χ3n) is 2.39. The first-order valence-electron chi connectivity index (χ1n) is 5.83. The molecule has 8 heteroatoms. The van der Waals surface area contributed by atoms with Crippen LogP contribution < -0.4 is 16.8 Å². The fourth-order valence-electron chi connectivity index (χ4n) is 1.49. The van der Waals surface area contributed by atoms with Gasteiger partial charge in [-0.3, -0.25) is 4.79 Å². The van der Waals surface area contributed by atoms with Crippen LogP contribution in [0.25, 0.3) is 5.82 Å². The number of carbonyl (C=O) groups excluding carboxylic acids is 1. The van der Waals surface area contributed by atoms with E-state index in [0.29, 0.717) is 17.2 Å². The number of hydrogen-bond acceptors (Lipinski definition) is 6. The Bertz CT molecular complexity index is 592. The van der Waals surface area contributed by atoms with Gasteiger partial charge in [-0.05, 0) is 6.42 Å². The third-order valence-corrected chi connectivity index (χ3v) is 2.39. The number of nitrogens with one attached hydrogen (secondary N) is 1. The van der Waals surface area contributed by atoms with E-state index in [-0.39, 0.29) is 5.95 Å². The van der Waals surface area contributed by atoms with Crippen LogP contribution in [0.15, 0.2) is 18.5 Å². The summed E-state index contributed by atoms with van der Waals surface area (Å²) in [5, 5.41) is 7.12. The van der Waals surface area contributed by atoms with Gasteiger partial charge in [0.05, 0.1) is 11.8 Å². The van der Waals surface area contributed by atoms with E-state index < -0.39 is 5.91 Å². The number of nitrogen functional groups attached to an aromatic ring is 1. The van der Waals surface area contributed by atoms with Crippen molar-refractivity contribution in [1.29, 1.82) is 0 Å². The fraction of sp³-hybridized carbons (Fsp3) is 0.273. The number of nitrogens with two attached hydrogens (primary N) is 2. The smallest absolute Gasteiger partial charge is 0.251 e. The molecular formula is C11H15N7O. The molecule has 0 saturated heterocycles. The first-order valence-corrected chi connectivity index (χ1v) is 5.83. The molecule has 100 valence electrons. The van der Waals surface area contributed by atoms with E-state index in [1.807, 2.05) is 6.92 Å². The number of primary amides is 1. The second kappa shape index (κ2) is 5.34. The Morgan fingerprint density at radius 2 is 2.26 bits per heavy atom. The summed E-state index contributed by atoms with van der Waals surface area (Å²) in [6.07, 6.45) is 3.83. The van der Waals surface area contributed by atoms with Crippen molar-refractivity contribution >= 4 is 17.7 Å².